The van der Waals surface area contributed by atoms with Crippen LogP contribution in [0.15, 0.2) is 58.3 Å². The van der Waals surface area contributed by atoms with Crippen LogP contribution in [0.3, 0.4) is 0 Å². The second-order valence-electron chi connectivity index (χ2n) is 7.06. The molecule has 1 saturated heterocycles. The van der Waals surface area contributed by atoms with Crippen molar-refractivity contribution in [3.05, 3.63) is 59.7 Å². The van der Waals surface area contributed by atoms with E-state index in [9.17, 15) is 21.6 Å². The van der Waals surface area contributed by atoms with Gasteiger partial charge in [-0.25, -0.2) is 25.9 Å². The lowest BCUT2D eigenvalue weighted by Crippen LogP contribution is -2.40. The fourth-order valence-corrected chi connectivity index (χ4v) is 5.39. The van der Waals surface area contributed by atoms with Gasteiger partial charge in [0.05, 0.1) is 28.6 Å². The molecule has 168 valence electrons. The molecule has 1 aliphatic heterocycles. The van der Waals surface area contributed by atoms with Crippen LogP contribution in [0.25, 0.3) is 0 Å². The van der Waals surface area contributed by atoms with Crippen LogP contribution < -0.4 is 0 Å². The van der Waals surface area contributed by atoms with Gasteiger partial charge in [-0.15, -0.1) is 0 Å². The van der Waals surface area contributed by atoms with Crippen molar-refractivity contribution in [1.82, 2.24) is 8.61 Å². The number of sulfonamides is 2. The zero-order valence-corrected chi connectivity index (χ0v) is 18.9. The van der Waals surface area contributed by atoms with Gasteiger partial charge in [0.15, 0.2) is 0 Å². The van der Waals surface area contributed by atoms with Crippen LogP contribution in [0.1, 0.15) is 15.9 Å². The minimum atomic E-state index is -3.74. The highest BCUT2D eigenvalue weighted by Gasteiger charge is 2.27. The zero-order chi connectivity index (χ0) is 22.6. The Bertz CT molecular complexity index is 1160. The van der Waals surface area contributed by atoms with E-state index in [-0.39, 0.29) is 35.1 Å². The number of carbonyl (C=O) groups excluding carboxylic acids is 1. The van der Waals surface area contributed by atoms with E-state index in [1.807, 2.05) is 0 Å². The highest BCUT2D eigenvalue weighted by molar-refractivity contribution is 7.89. The largest absolute Gasteiger partial charge is 0.457 e. The van der Waals surface area contributed by atoms with Crippen molar-refractivity contribution in [2.75, 3.05) is 40.4 Å². The summed E-state index contributed by atoms with van der Waals surface area (Å²) in [5.41, 5.74) is 0.583. The second-order valence-corrected chi connectivity index (χ2v) is 11.1. The molecule has 1 heterocycles. The van der Waals surface area contributed by atoms with E-state index in [2.05, 4.69) is 0 Å². The first-order chi connectivity index (χ1) is 14.6. The third kappa shape index (κ3) is 5.31. The summed E-state index contributed by atoms with van der Waals surface area (Å²) in [5.74, 6) is -0.708. The molecule has 0 spiro atoms. The first-order valence-corrected chi connectivity index (χ1v) is 12.4. The molecular formula is C20H24N2O7S2. The Labute approximate surface area is 182 Å². The van der Waals surface area contributed by atoms with E-state index in [0.717, 1.165) is 4.31 Å². The molecule has 0 saturated carbocycles. The molecule has 1 fully saturated rings. The maximum Gasteiger partial charge on any atom is 0.338 e. The monoisotopic (exact) mass is 468 g/mol. The highest BCUT2D eigenvalue weighted by Crippen LogP contribution is 2.20. The van der Waals surface area contributed by atoms with Gasteiger partial charge in [0, 0.05) is 27.2 Å². The Kier molecular flexibility index (Phi) is 7.12. The van der Waals surface area contributed by atoms with Crippen LogP contribution in [-0.2, 0) is 36.1 Å². The number of nitrogens with zero attached hydrogens (tertiary/aromatic N) is 2. The van der Waals surface area contributed by atoms with E-state index in [1.54, 1.807) is 12.1 Å². The molecule has 11 heteroatoms. The van der Waals surface area contributed by atoms with Gasteiger partial charge in [0.25, 0.3) is 0 Å². The molecule has 0 aliphatic carbocycles. The number of hydrogen-bond donors (Lipinski definition) is 0. The van der Waals surface area contributed by atoms with Crippen molar-refractivity contribution < 1.29 is 31.1 Å². The van der Waals surface area contributed by atoms with Gasteiger partial charge in [0.1, 0.15) is 6.61 Å². The number of benzene rings is 2. The number of hydrogen-bond acceptors (Lipinski definition) is 7. The van der Waals surface area contributed by atoms with Gasteiger partial charge >= 0.3 is 5.97 Å². The standard InChI is InChI=1S/C20H24N2O7S2/c1-21(2)30(24,25)18-7-3-5-16(13-18)15-29-20(23)17-6-4-8-19(14-17)31(26,27)22-9-11-28-12-10-22/h3-8,13-14H,9-12,15H2,1-2H3. The lowest BCUT2D eigenvalue weighted by Gasteiger charge is -2.26. The van der Waals surface area contributed by atoms with Crippen molar-refractivity contribution in [2.24, 2.45) is 0 Å². The summed E-state index contributed by atoms with van der Waals surface area (Å²) in [5, 5.41) is 0. The van der Waals surface area contributed by atoms with E-state index in [0.29, 0.717) is 18.8 Å². The van der Waals surface area contributed by atoms with Crippen LogP contribution >= 0.6 is 0 Å². The summed E-state index contributed by atoms with van der Waals surface area (Å²) in [4.78, 5) is 12.6. The number of rotatable bonds is 7. The molecular weight excluding hydrogens is 444 g/mol. The Balaban J connectivity index is 1.73. The summed E-state index contributed by atoms with van der Waals surface area (Å²) in [7, 11) is -4.49. The normalized spacial score (nSPS) is 15.7. The molecule has 0 unspecified atom stereocenters. The minimum Gasteiger partial charge on any atom is -0.457 e. The van der Waals surface area contributed by atoms with Crippen LogP contribution in [0.5, 0.6) is 0 Å². The first kappa shape index (κ1) is 23.4. The molecule has 31 heavy (non-hydrogen) atoms. The third-order valence-corrected chi connectivity index (χ3v) is 8.43. The quantitative estimate of drug-likeness (QED) is 0.564. The maximum absolute atomic E-state index is 12.8. The van der Waals surface area contributed by atoms with Crippen molar-refractivity contribution in [3.63, 3.8) is 0 Å². The smallest absolute Gasteiger partial charge is 0.338 e. The fourth-order valence-electron chi connectivity index (χ4n) is 2.96. The maximum atomic E-state index is 12.8. The van der Waals surface area contributed by atoms with Crippen molar-refractivity contribution >= 4 is 26.0 Å². The zero-order valence-electron chi connectivity index (χ0n) is 17.2. The summed E-state index contributed by atoms with van der Waals surface area (Å²) >= 11 is 0. The summed E-state index contributed by atoms with van der Waals surface area (Å²) in [6.45, 7) is 0.996. The Morgan fingerprint density at radius 3 is 2.32 bits per heavy atom. The summed E-state index contributed by atoms with van der Waals surface area (Å²) in [6.07, 6.45) is 0. The van der Waals surface area contributed by atoms with Crippen molar-refractivity contribution in [3.8, 4) is 0 Å². The molecule has 0 atom stereocenters. The Morgan fingerprint density at radius 1 is 1.00 bits per heavy atom. The molecule has 9 nitrogen and oxygen atoms in total. The average molecular weight is 469 g/mol. The van der Waals surface area contributed by atoms with Gasteiger partial charge in [0.2, 0.25) is 20.0 Å². The highest BCUT2D eigenvalue weighted by atomic mass is 32.2. The number of ether oxygens (including phenoxy) is 2. The molecule has 0 radical (unpaired) electrons. The van der Waals surface area contributed by atoms with Crippen molar-refractivity contribution in [1.29, 1.82) is 0 Å². The van der Waals surface area contributed by atoms with Crippen LogP contribution in [-0.4, -0.2) is 71.8 Å². The second kappa shape index (κ2) is 9.45. The molecule has 0 N–H and O–H groups in total. The lowest BCUT2D eigenvalue weighted by atomic mass is 10.2. The predicted octanol–water partition coefficient (Wildman–Crippen LogP) is 1.31. The first-order valence-electron chi connectivity index (χ1n) is 9.49. The lowest BCUT2D eigenvalue weighted by molar-refractivity contribution is 0.0472. The average Bonchev–Trinajstić information content (AvgIpc) is 2.78. The van der Waals surface area contributed by atoms with Crippen LogP contribution in [0.4, 0.5) is 0 Å². The molecule has 0 amide bonds. The van der Waals surface area contributed by atoms with Gasteiger partial charge < -0.3 is 9.47 Å². The van der Waals surface area contributed by atoms with E-state index in [1.165, 1.54) is 54.8 Å². The van der Waals surface area contributed by atoms with E-state index >= 15 is 0 Å². The Hall–Kier alpha value is -2.31. The van der Waals surface area contributed by atoms with Gasteiger partial charge in [-0.05, 0) is 35.9 Å². The van der Waals surface area contributed by atoms with Crippen molar-refractivity contribution in [2.45, 2.75) is 16.4 Å². The topological polar surface area (TPSA) is 110 Å². The SMILES string of the molecule is CN(C)S(=O)(=O)c1cccc(COC(=O)c2cccc(S(=O)(=O)N3CCOCC3)c2)c1. The fraction of sp³-hybridized carbons (Fsp3) is 0.350. The molecule has 2 aromatic carbocycles. The molecule has 3 rings (SSSR count). The van der Waals surface area contributed by atoms with Crippen LogP contribution in [0, 0.1) is 0 Å². The minimum absolute atomic E-state index is 0.00271. The van der Waals surface area contributed by atoms with Gasteiger partial charge in [-0.1, -0.05) is 18.2 Å². The number of morpholine rings is 1. The predicted molar refractivity (Wildman–Crippen MR) is 112 cm³/mol. The van der Waals surface area contributed by atoms with Gasteiger partial charge in [-0.2, -0.15) is 4.31 Å². The summed E-state index contributed by atoms with van der Waals surface area (Å²) in [6, 6.07) is 11.7. The Morgan fingerprint density at radius 2 is 1.65 bits per heavy atom. The molecule has 0 aromatic heterocycles. The summed E-state index contributed by atoms with van der Waals surface area (Å²) < 4.78 is 63.0. The molecule has 2 aromatic rings. The van der Waals surface area contributed by atoms with E-state index in [4.69, 9.17) is 9.47 Å². The number of esters is 1. The third-order valence-electron chi connectivity index (χ3n) is 4.72. The molecule has 0 bridgehead atoms. The van der Waals surface area contributed by atoms with Gasteiger partial charge in [-0.3, -0.25) is 0 Å². The number of carbonyl (C=O) groups is 1. The molecule has 1 aliphatic rings. The van der Waals surface area contributed by atoms with Crippen LogP contribution in [0.2, 0.25) is 0 Å². The van der Waals surface area contributed by atoms with E-state index < -0.39 is 26.0 Å².